The molecule has 6 heteroatoms. The zero-order chi connectivity index (χ0) is 26.1. The van der Waals surface area contributed by atoms with E-state index in [0.29, 0.717) is 28.3 Å². The third-order valence-corrected chi connectivity index (χ3v) is 6.81. The lowest BCUT2D eigenvalue weighted by Crippen LogP contribution is -2.30. The first-order valence-electron chi connectivity index (χ1n) is 11.9. The summed E-state index contributed by atoms with van der Waals surface area (Å²) in [6.45, 7) is 7.93. The number of carbonyl (C=O) groups excluding carboxylic acids is 2. The number of ether oxygens (including phenoxy) is 2. The molecule has 1 unspecified atom stereocenters. The third-order valence-electron chi connectivity index (χ3n) is 6.81. The van der Waals surface area contributed by atoms with Gasteiger partial charge in [0.15, 0.2) is 0 Å². The average molecular weight is 486 g/mol. The number of aliphatic hydroxyl groups excluding tert-OH is 1. The molecule has 6 nitrogen and oxygen atoms in total. The molecule has 0 bridgehead atoms. The van der Waals surface area contributed by atoms with Crippen molar-refractivity contribution in [1.82, 2.24) is 0 Å². The average Bonchev–Trinajstić information content (AvgIpc) is 3.15. The molecule has 1 heterocycles. The van der Waals surface area contributed by atoms with Crippen LogP contribution in [0.2, 0.25) is 0 Å². The highest BCUT2D eigenvalue weighted by Crippen LogP contribution is 2.44. The predicted octanol–water partition coefficient (Wildman–Crippen LogP) is 6.07. The fourth-order valence-corrected chi connectivity index (χ4v) is 4.69. The highest BCUT2D eigenvalue weighted by Gasteiger charge is 2.47. The molecular formula is C30H31NO5. The summed E-state index contributed by atoms with van der Waals surface area (Å²) in [6.07, 6.45) is 0. The maximum Gasteiger partial charge on any atom is 0.300 e. The molecule has 3 aromatic carbocycles. The van der Waals surface area contributed by atoms with Crippen LogP contribution in [0, 0.1) is 13.8 Å². The van der Waals surface area contributed by atoms with Crippen LogP contribution in [0.5, 0.6) is 11.5 Å². The Kier molecular flexibility index (Phi) is 6.88. The molecule has 0 aromatic heterocycles. The highest BCUT2D eigenvalue weighted by molar-refractivity contribution is 6.51. The molecule has 0 saturated carbocycles. The van der Waals surface area contributed by atoms with E-state index in [1.54, 1.807) is 38.5 Å². The van der Waals surface area contributed by atoms with Gasteiger partial charge in [0, 0.05) is 11.3 Å². The number of aryl methyl sites for hydroxylation is 1. The lowest BCUT2D eigenvalue weighted by molar-refractivity contribution is -0.132. The summed E-state index contributed by atoms with van der Waals surface area (Å²) in [4.78, 5) is 28.5. The van der Waals surface area contributed by atoms with Gasteiger partial charge in [-0.2, -0.15) is 0 Å². The lowest BCUT2D eigenvalue weighted by atomic mass is 9.92. The Morgan fingerprint density at radius 1 is 0.944 bits per heavy atom. The van der Waals surface area contributed by atoms with Gasteiger partial charge >= 0.3 is 0 Å². The first kappa shape index (κ1) is 25.0. The highest BCUT2D eigenvalue weighted by atomic mass is 16.5. The van der Waals surface area contributed by atoms with Gasteiger partial charge in [-0.1, -0.05) is 38.1 Å². The Morgan fingerprint density at radius 3 is 2.33 bits per heavy atom. The number of amides is 1. The van der Waals surface area contributed by atoms with Gasteiger partial charge in [-0.25, -0.2) is 0 Å². The number of nitrogens with zero attached hydrogens (tertiary/aromatic N) is 1. The maximum atomic E-state index is 13.5. The van der Waals surface area contributed by atoms with Gasteiger partial charge in [0.05, 0.1) is 25.8 Å². The molecule has 0 aliphatic carbocycles. The minimum Gasteiger partial charge on any atom is -0.507 e. The van der Waals surface area contributed by atoms with Crippen LogP contribution in [0.15, 0.2) is 66.2 Å². The first-order chi connectivity index (χ1) is 17.2. The van der Waals surface area contributed by atoms with Crippen molar-refractivity contribution in [1.29, 1.82) is 0 Å². The molecule has 186 valence electrons. The molecule has 1 amide bonds. The van der Waals surface area contributed by atoms with Gasteiger partial charge in [-0.3, -0.25) is 14.5 Å². The molecule has 1 aliphatic heterocycles. The van der Waals surface area contributed by atoms with E-state index in [4.69, 9.17) is 9.47 Å². The molecule has 36 heavy (non-hydrogen) atoms. The summed E-state index contributed by atoms with van der Waals surface area (Å²) in [7, 11) is 3.16. The zero-order valence-corrected chi connectivity index (χ0v) is 21.5. The van der Waals surface area contributed by atoms with Crippen molar-refractivity contribution in [2.45, 2.75) is 39.7 Å². The number of benzene rings is 3. The summed E-state index contributed by atoms with van der Waals surface area (Å²) in [5, 5.41) is 11.5. The molecule has 3 aromatic rings. The Hall–Kier alpha value is -4.06. The fraction of sp³-hybridized carbons (Fsp3) is 0.267. The fourth-order valence-electron chi connectivity index (χ4n) is 4.69. The number of anilines is 1. The van der Waals surface area contributed by atoms with E-state index in [9.17, 15) is 14.7 Å². The summed E-state index contributed by atoms with van der Waals surface area (Å²) in [5.74, 6) is -0.233. The molecule has 1 fully saturated rings. The second-order valence-corrected chi connectivity index (χ2v) is 9.28. The van der Waals surface area contributed by atoms with Gasteiger partial charge in [-0.15, -0.1) is 0 Å². The van der Waals surface area contributed by atoms with E-state index in [1.807, 2.05) is 64.1 Å². The minimum atomic E-state index is -0.829. The number of Topliss-reactive ketones (excluding diaryl/α,β-unsaturated/α-hetero) is 1. The monoisotopic (exact) mass is 485 g/mol. The molecular weight excluding hydrogens is 454 g/mol. The largest absolute Gasteiger partial charge is 0.507 e. The number of hydrogen-bond acceptors (Lipinski definition) is 5. The Labute approximate surface area is 211 Å². The van der Waals surface area contributed by atoms with Crippen LogP contribution in [0.25, 0.3) is 5.76 Å². The van der Waals surface area contributed by atoms with E-state index in [-0.39, 0.29) is 17.3 Å². The van der Waals surface area contributed by atoms with Crippen LogP contribution in [0.3, 0.4) is 0 Å². The minimum absolute atomic E-state index is 0.0361. The SMILES string of the molecule is COc1cccc(C2/C(=C(\O)c3ccc(OC)c(C(C)C)c3)C(=O)C(=O)N2c2cccc(C)c2C)c1. The molecule has 1 saturated heterocycles. The van der Waals surface area contributed by atoms with Crippen molar-refractivity contribution in [3.05, 3.63) is 94.1 Å². The van der Waals surface area contributed by atoms with Crippen LogP contribution in [0.1, 0.15) is 53.6 Å². The molecule has 0 radical (unpaired) electrons. The van der Waals surface area contributed by atoms with Gasteiger partial charge in [0.25, 0.3) is 11.7 Å². The summed E-state index contributed by atoms with van der Waals surface area (Å²) in [6, 6.07) is 17.3. The van der Waals surface area contributed by atoms with Crippen LogP contribution in [0.4, 0.5) is 5.69 Å². The second-order valence-electron chi connectivity index (χ2n) is 9.28. The number of aliphatic hydroxyl groups is 1. The van der Waals surface area contributed by atoms with E-state index >= 15 is 0 Å². The number of methoxy groups -OCH3 is 2. The normalized spacial score (nSPS) is 17.1. The summed E-state index contributed by atoms with van der Waals surface area (Å²) < 4.78 is 10.9. The van der Waals surface area contributed by atoms with Crippen LogP contribution in [-0.2, 0) is 9.59 Å². The zero-order valence-electron chi connectivity index (χ0n) is 21.5. The smallest absolute Gasteiger partial charge is 0.300 e. The first-order valence-corrected chi connectivity index (χ1v) is 11.9. The quantitative estimate of drug-likeness (QED) is 0.261. The molecule has 4 rings (SSSR count). The third kappa shape index (κ3) is 4.24. The maximum absolute atomic E-state index is 13.5. The van der Waals surface area contributed by atoms with Crippen molar-refractivity contribution in [3.63, 3.8) is 0 Å². The van der Waals surface area contributed by atoms with E-state index in [0.717, 1.165) is 16.7 Å². The van der Waals surface area contributed by atoms with Gasteiger partial charge in [0.2, 0.25) is 0 Å². The number of hydrogen-bond donors (Lipinski definition) is 1. The van der Waals surface area contributed by atoms with Crippen molar-refractivity contribution in [3.8, 4) is 11.5 Å². The van der Waals surface area contributed by atoms with Crippen LogP contribution in [-0.4, -0.2) is 31.0 Å². The van der Waals surface area contributed by atoms with Crippen molar-refractivity contribution in [2.75, 3.05) is 19.1 Å². The van der Waals surface area contributed by atoms with E-state index in [1.165, 1.54) is 4.90 Å². The van der Waals surface area contributed by atoms with Crippen LogP contribution < -0.4 is 14.4 Å². The Bertz CT molecular complexity index is 1370. The summed E-state index contributed by atoms with van der Waals surface area (Å²) in [5.41, 5.74) is 4.55. The van der Waals surface area contributed by atoms with Gasteiger partial charge in [0.1, 0.15) is 17.3 Å². The van der Waals surface area contributed by atoms with Crippen molar-refractivity contribution >= 4 is 23.1 Å². The van der Waals surface area contributed by atoms with E-state index in [2.05, 4.69) is 0 Å². The number of rotatable bonds is 6. The standard InChI is InChI=1S/C30H31NO5/c1-17(2)23-16-21(13-14-25(23)36-6)28(32)26-27(20-10-8-11-22(15-20)35-5)31(30(34)29(26)33)24-12-7-9-18(3)19(24)4/h7-17,27,32H,1-6H3/b28-26+. The number of ketones is 1. The Morgan fingerprint density at radius 2 is 1.67 bits per heavy atom. The topological polar surface area (TPSA) is 76.1 Å². The Balaban J connectivity index is 1.99. The second kappa shape index (κ2) is 9.90. The summed E-state index contributed by atoms with van der Waals surface area (Å²) >= 11 is 0. The molecule has 1 aliphatic rings. The molecule has 1 N–H and O–H groups in total. The number of carbonyl (C=O) groups is 2. The van der Waals surface area contributed by atoms with Crippen molar-refractivity contribution in [2.24, 2.45) is 0 Å². The predicted molar refractivity (Wildman–Crippen MR) is 141 cm³/mol. The van der Waals surface area contributed by atoms with Gasteiger partial charge in [-0.05, 0) is 78.4 Å². The van der Waals surface area contributed by atoms with Gasteiger partial charge < -0.3 is 14.6 Å². The van der Waals surface area contributed by atoms with Crippen molar-refractivity contribution < 1.29 is 24.2 Å². The van der Waals surface area contributed by atoms with Crippen LogP contribution >= 0.6 is 0 Å². The lowest BCUT2D eigenvalue weighted by Gasteiger charge is -2.27. The van der Waals surface area contributed by atoms with E-state index < -0.39 is 17.7 Å². The molecule has 1 atom stereocenters. The molecule has 0 spiro atoms.